The zero-order chi connectivity index (χ0) is 27.6. The van der Waals surface area contributed by atoms with Gasteiger partial charge in [0, 0.05) is 54.6 Å². The van der Waals surface area contributed by atoms with Crippen LogP contribution in [0.2, 0.25) is 0 Å². The molecule has 2 atom stereocenters. The van der Waals surface area contributed by atoms with E-state index >= 15 is 0 Å². The Bertz CT molecular complexity index is 1460. The number of anilines is 3. The summed E-state index contributed by atoms with van der Waals surface area (Å²) in [4.78, 5) is 41.1. The molecule has 3 amide bonds. The molecular weight excluding hydrogens is 502 g/mol. The summed E-state index contributed by atoms with van der Waals surface area (Å²) in [5, 5.41) is 9.13. The Labute approximate surface area is 234 Å². The molecule has 2 aromatic carbocycles. The minimum absolute atomic E-state index is 0.0595. The van der Waals surface area contributed by atoms with Gasteiger partial charge in [-0.3, -0.25) is 9.59 Å². The van der Waals surface area contributed by atoms with Gasteiger partial charge in [0.15, 0.2) is 0 Å². The number of piperidine rings is 1. The van der Waals surface area contributed by atoms with Crippen LogP contribution in [0.4, 0.5) is 21.9 Å². The monoisotopic (exact) mass is 539 g/mol. The van der Waals surface area contributed by atoms with E-state index in [4.69, 9.17) is 0 Å². The number of aryl methyl sites for hydroxylation is 1. The number of benzene rings is 2. The highest BCUT2D eigenvalue weighted by Crippen LogP contribution is 2.39. The van der Waals surface area contributed by atoms with Crippen molar-refractivity contribution in [1.29, 1.82) is 0 Å². The Kier molecular flexibility index (Phi) is 7.32. The van der Waals surface area contributed by atoms with Crippen molar-refractivity contribution in [2.24, 2.45) is 5.92 Å². The zero-order valence-electron chi connectivity index (χ0n) is 23.0. The third kappa shape index (κ3) is 5.48. The quantitative estimate of drug-likeness (QED) is 0.394. The van der Waals surface area contributed by atoms with Gasteiger partial charge in [-0.05, 0) is 73.6 Å². The van der Waals surface area contributed by atoms with E-state index in [1.54, 1.807) is 12.1 Å². The Balaban J connectivity index is 1.27. The minimum atomic E-state index is -0.354. The molecule has 8 nitrogen and oxygen atoms in total. The second-order valence-electron chi connectivity index (χ2n) is 11.4. The van der Waals surface area contributed by atoms with Gasteiger partial charge in [-0.25, -0.2) is 4.79 Å². The molecule has 2 aliphatic heterocycles. The Morgan fingerprint density at radius 1 is 0.925 bits per heavy atom. The Hall–Kier alpha value is -4.07. The summed E-state index contributed by atoms with van der Waals surface area (Å²) in [6.07, 6.45) is 6.27. The predicted octanol–water partition coefficient (Wildman–Crippen LogP) is 5.35. The average molecular weight is 540 g/mol. The van der Waals surface area contributed by atoms with Crippen LogP contribution in [0.1, 0.15) is 66.6 Å². The molecule has 1 aromatic heterocycles. The van der Waals surface area contributed by atoms with Crippen LogP contribution in [-0.2, 0) is 13.0 Å². The smallest absolute Gasteiger partial charge is 0.323 e. The normalized spacial score (nSPS) is 20.1. The van der Waals surface area contributed by atoms with Crippen molar-refractivity contribution in [3.05, 3.63) is 87.8 Å². The maximum absolute atomic E-state index is 13.1. The second kappa shape index (κ2) is 11.2. The first-order valence-corrected chi connectivity index (χ1v) is 14.5. The first kappa shape index (κ1) is 26.2. The molecule has 3 heterocycles. The van der Waals surface area contributed by atoms with Gasteiger partial charge in [0.25, 0.3) is 11.5 Å². The maximum Gasteiger partial charge on any atom is 0.323 e. The number of rotatable bonds is 6. The van der Waals surface area contributed by atoms with Crippen molar-refractivity contribution in [3.63, 3.8) is 0 Å². The fraction of sp³-hybridized carbons (Fsp3) is 0.406. The molecule has 1 aliphatic carbocycles. The summed E-state index contributed by atoms with van der Waals surface area (Å²) < 4.78 is 1.92. The van der Waals surface area contributed by atoms with Crippen LogP contribution >= 0.6 is 0 Å². The fourth-order valence-corrected chi connectivity index (χ4v) is 6.59. The summed E-state index contributed by atoms with van der Waals surface area (Å²) in [7, 11) is 0. The average Bonchev–Trinajstić information content (AvgIpc) is 3.47. The molecule has 3 N–H and O–H groups in total. The summed E-state index contributed by atoms with van der Waals surface area (Å²) in [6, 6.07) is 18.8. The van der Waals surface area contributed by atoms with Crippen LogP contribution < -0.4 is 26.4 Å². The minimum Gasteiger partial charge on any atom is -0.369 e. The molecule has 1 saturated carbocycles. The van der Waals surface area contributed by atoms with E-state index in [-0.39, 0.29) is 29.5 Å². The number of hydrogen-bond donors (Lipinski definition) is 3. The lowest BCUT2D eigenvalue weighted by Gasteiger charge is -2.44. The molecular formula is C32H37N5O3. The van der Waals surface area contributed by atoms with Crippen LogP contribution in [0.5, 0.6) is 0 Å². The number of pyridine rings is 1. The standard InChI is InChI=1S/C32H37N5O3/c1-2-21-10-13-26(14-11-21)34-32(40)35-27-17-23(31(39)33-25-6-3-4-7-25)12-15-29(27)36-18-22-16-24(20-36)28-8-5-9-30(38)37(28)19-22/h5,8-15,17,22,24-25H,2-4,6-7,16,18-20H2,1H3,(H,33,39)(H2,34,35,40)/t22-,24+/m1/s1. The Morgan fingerprint density at radius 2 is 1.73 bits per heavy atom. The molecule has 8 heteroatoms. The fourth-order valence-electron chi connectivity index (χ4n) is 6.59. The molecule has 3 aromatic rings. The lowest BCUT2D eigenvalue weighted by Crippen LogP contribution is -2.47. The van der Waals surface area contributed by atoms with Crippen LogP contribution in [-0.4, -0.2) is 35.6 Å². The molecule has 0 radical (unpaired) electrons. The van der Waals surface area contributed by atoms with Gasteiger partial charge >= 0.3 is 6.03 Å². The van der Waals surface area contributed by atoms with Gasteiger partial charge in [0.1, 0.15) is 0 Å². The summed E-state index contributed by atoms with van der Waals surface area (Å²) >= 11 is 0. The molecule has 2 bridgehead atoms. The third-order valence-corrected chi connectivity index (χ3v) is 8.64. The second-order valence-corrected chi connectivity index (χ2v) is 11.4. The van der Waals surface area contributed by atoms with Gasteiger partial charge < -0.3 is 25.4 Å². The number of fused-ring (bicyclic) bond motifs is 4. The lowest BCUT2D eigenvalue weighted by molar-refractivity contribution is 0.0938. The summed E-state index contributed by atoms with van der Waals surface area (Å²) in [5.74, 6) is 0.446. The van der Waals surface area contributed by atoms with E-state index < -0.39 is 0 Å². The van der Waals surface area contributed by atoms with E-state index in [2.05, 4.69) is 33.8 Å². The molecule has 6 rings (SSSR count). The lowest BCUT2D eigenvalue weighted by atomic mass is 9.83. The topological polar surface area (TPSA) is 95.5 Å². The van der Waals surface area contributed by atoms with E-state index in [0.717, 1.165) is 63.0 Å². The third-order valence-electron chi connectivity index (χ3n) is 8.64. The summed E-state index contributed by atoms with van der Waals surface area (Å²) in [5.41, 5.74) is 5.07. The molecule has 208 valence electrons. The van der Waals surface area contributed by atoms with Crippen LogP contribution in [0.3, 0.4) is 0 Å². The zero-order valence-corrected chi connectivity index (χ0v) is 23.0. The number of carbonyl (C=O) groups excluding carboxylic acids is 2. The van der Waals surface area contributed by atoms with Crippen molar-refractivity contribution in [1.82, 2.24) is 9.88 Å². The van der Waals surface area contributed by atoms with Gasteiger partial charge in [-0.2, -0.15) is 0 Å². The van der Waals surface area contributed by atoms with Gasteiger partial charge in [0.2, 0.25) is 0 Å². The highest BCUT2D eigenvalue weighted by atomic mass is 16.2. The Morgan fingerprint density at radius 3 is 2.50 bits per heavy atom. The van der Waals surface area contributed by atoms with Crippen LogP contribution in [0.15, 0.2) is 65.5 Å². The van der Waals surface area contributed by atoms with E-state index in [1.165, 1.54) is 5.56 Å². The van der Waals surface area contributed by atoms with E-state index in [0.29, 0.717) is 29.4 Å². The molecule has 1 saturated heterocycles. The number of urea groups is 1. The first-order chi connectivity index (χ1) is 19.5. The molecule has 2 fully saturated rings. The van der Waals surface area contributed by atoms with E-state index in [1.807, 2.05) is 47.0 Å². The van der Waals surface area contributed by atoms with Gasteiger partial charge in [-0.1, -0.05) is 38.0 Å². The molecule has 0 unspecified atom stereocenters. The molecule has 3 aliphatic rings. The number of hydrogen-bond acceptors (Lipinski definition) is 4. The number of aromatic nitrogens is 1. The van der Waals surface area contributed by atoms with Crippen molar-refractivity contribution >= 4 is 29.0 Å². The summed E-state index contributed by atoms with van der Waals surface area (Å²) in [6.45, 7) is 4.31. The van der Waals surface area contributed by atoms with Gasteiger partial charge in [-0.15, -0.1) is 0 Å². The van der Waals surface area contributed by atoms with E-state index in [9.17, 15) is 14.4 Å². The number of nitrogens with one attached hydrogen (secondary N) is 3. The number of carbonyl (C=O) groups is 2. The number of nitrogens with zero attached hydrogens (tertiary/aromatic N) is 2. The van der Waals surface area contributed by atoms with Crippen LogP contribution in [0.25, 0.3) is 0 Å². The largest absolute Gasteiger partial charge is 0.369 e. The SMILES string of the molecule is CCc1ccc(NC(=O)Nc2cc(C(=O)NC3CCCC3)ccc2N2C[C@H]3C[C@@H](C2)c2cccc(=O)n2C3)cc1. The predicted molar refractivity (Wildman–Crippen MR) is 158 cm³/mol. The van der Waals surface area contributed by atoms with Gasteiger partial charge in [0.05, 0.1) is 11.4 Å². The van der Waals surface area contributed by atoms with Crippen molar-refractivity contribution < 1.29 is 9.59 Å². The molecule has 0 spiro atoms. The highest BCUT2D eigenvalue weighted by Gasteiger charge is 2.35. The van der Waals surface area contributed by atoms with Crippen molar-refractivity contribution in [2.75, 3.05) is 28.6 Å². The first-order valence-electron chi connectivity index (χ1n) is 14.5. The highest BCUT2D eigenvalue weighted by molar-refractivity contribution is 6.04. The number of amides is 3. The maximum atomic E-state index is 13.1. The van der Waals surface area contributed by atoms with Crippen molar-refractivity contribution in [3.8, 4) is 0 Å². The molecule has 40 heavy (non-hydrogen) atoms. The van der Waals surface area contributed by atoms with Crippen LogP contribution in [0, 0.1) is 5.92 Å². The van der Waals surface area contributed by atoms with Crippen molar-refractivity contribution in [2.45, 2.75) is 64.0 Å².